The number of fused-ring (bicyclic) bond motifs is 4. The van der Waals surface area contributed by atoms with Gasteiger partial charge in [-0.2, -0.15) is 5.10 Å². The van der Waals surface area contributed by atoms with Crippen LogP contribution in [0.25, 0.3) is 0 Å². The van der Waals surface area contributed by atoms with Gasteiger partial charge in [0.25, 0.3) is 0 Å². The van der Waals surface area contributed by atoms with E-state index in [1.165, 1.54) is 5.56 Å². The fourth-order valence-corrected chi connectivity index (χ4v) is 4.66. The maximum absolute atomic E-state index is 10.3. The fourth-order valence-electron chi connectivity index (χ4n) is 4.66. The number of hydrogen-bond acceptors (Lipinski definition) is 5. The molecule has 1 saturated heterocycles. The Labute approximate surface area is 159 Å². The highest BCUT2D eigenvalue weighted by Crippen LogP contribution is 2.50. The summed E-state index contributed by atoms with van der Waals surface area (Å²) in [4.78, 5) is 2.47. The molecular weight excluding hydrogens is 338 g/mol. The average Bonchev–Trinajstić information content (AvgIpc) is 3.16. The molecule has 1 unspecified atom stereocenters. The van der Waals surface area contributed by atoms with Crippen molar-refractivity contribution in [2.75, 3.05) is 19.6 Å². The number of phenols is 1. The van der Waals surface area contributed by atoms with E-state index in [1.807, 2.05) is 24.3 Å². The standard InChI is InChI=1S/C22H25N3O2/c1-2-24-13-11-22(12-14-24)25-19(17-8-4-6-10-21(17)27-22)15-18(23-25)16-7-3-5-9-20(16)26/h3-10,19,26H,2,11-15H2,1H3. The molecule has 5 rings (SSSR count). The number of nitrogens with zero attached hydrogens (tertiary/aromatic N) is 3. The second-order valence-electron chi connectivity index (χ2n) is 7.65. The Morgan fingerprint density at radius 1 is 1.11 bits per heavy atom. The number of ether oxygens (including phenoxy) is 1. The monoisotopic (exact) mass is 363 g/mol. The van der Waals surface area contributed by atoms with Gasteiger partial charge >= 0.3 is 0 Å². The third kappa shape index (κ3) is 2.60. The zero-order valence-corrected chi connectivity index (χ0v) is 15.6. The molecule has 0 amide bonds. The molecule has 2 aromatic carbocycles. The second kappa shape index (κ2) is 6.27. The number of rotatable bonds is 2. The van der Waals surface area contributed by atoms with E-state index in [0.717, 1.165) is 55.9 Å². The smallest absolute Gasteiger partial charge is 0.200 e. The summed E-state index contributed by atoms with van der Waals surface area (Å²) in [5.41, 5.74) is 2.56. The van der Waals surface area contributed by atoms with Crippen molar-refractivity contribution in [3.8, 4) is 11.5 Å². The predicted molar refractivity (Wildman–Crippen MR) is 105 cm³/mol. The molecule has 2 aromatic rings. The number of piperidine rings is 1. The summed E-state index contributed by atoms with van der Waals surface area (Å²) in [7, 11) is 0. The lowest BCUT2D eigenvalue weighted by Crippen LogP contribution is -2.59. The van der Waals surface area contributed by atoms with Gasteiger partial charge in [-0.05, 0) is 24.7 Å². The van der Waals surface area contributed by atoms with Gasteiger partial charge in [-0.1, -0.05) is 37.3 Å². The Hall–Kier alpha value is -2.53. The van der Waals surface area contributed by atoms with E-state index < -0.39 is 5.72 Å². The van der Waals surface area contributed by atoms with Crippen molar-refractivity contribution in [2.24, 2.45) is 5.10 Å². The van der Waals surface area contributed by atoms with Crippen LogP contribution in [0.5, 0.6) is 11.5 Å². The normalized spacial score (nSPS) is 23.5. The van der Waals surface area contributed by atoms with Crippen LogP contribution in [0.2, 0.25) is 0 Å². The third-order valence-electron chi connectivity index (χ3n) is 6.21. The molecule has 140 valence electrons. The molecule has 3 aliphatic heterocycles. The highest BCUT2D eigenvalue weighted by molar-refractivity contribution is 6.04. The molecule has 3 heterocycles. The zero-order valence-electron chi connectivity index (χ0n) is 15.6. The van der Waals surface area contributed by atoms with Gasteiger partial charge in [0.05, 0.1) is 11.8 Å². The maximum atomic E-state index is 10.3. The minimum absolute atomic E-state index is 0.165. The van der Waals surface area contributed by atoms with E-state index in [9.17, 15) is 5.11 Å². The van der Waals surface area contributed by atoms with E-state index >= 15 is 0 Å². The van der Waals surface area contributed by atoms with Gasteiger partial charge in [0, 0.05) is 43.5 Å². The zero-order chi connectivity index (χ0) is 18.4. The first-order valence-electron chi connectivity index (χ1n) is 9.86. The molecule has 1 spiro atoms. The van der Waals surface area contributed by atoms with Crippen molar-refractivity contribution in [3.63, 3.8) is 0 Å². The van der Waals surface area contributed by atoms with Gasteiger partial charge in [0.1, 0.15) is 11.5 Å². The van der Waals surface area contributed by atoms with Crippen LogP contribution in [0.15, 0.2) is 53.6 Å². The number of para-hydroxylation sites is 2. The van der Waals surface area contributed by atoms with Gasteiger partial charge in [0.2, 0.25) is 5.72 Å². The lowest BCUT2D eigenvalue weighted by molar-refractivity contribution is -0.149. The summed E-state index contributed by atoms with van der Waals surface area (Å²) in [6.45, 7) is 5.32. The van der Waals surface area contributed by atoms with E-state index in [-0.39, 0.29) is 6.04 Å². The van der Waals surface area contributed by atoms with Crippen LogP contribution in [0.4, 0.5) is 0 Å². The molecule has 27 heavy (non-hydrogen) atoms. The summed E-state index contributed by atoms with van der Waals surface area (Å²) in [6.07, 6.45) is 2.66. The van der Waals surface area contributed by atoms with Crippen LogP contribution in [0.3, 0.4) is 0 Å². The highest BCUT2D eigenvalue weighted by Gasteiger charge is 2.51. The summed E-state index contributed by atoms with van der Waals surface area (Å²) in [5.74, 6) is 1.28. The molecule has 0 saturated carbocycles. The van der Waals surface area contributed by atoms with Gasteiger partial charge in [0.15, 0.2) is 0 Å². The summed E-state index contributed by atoms with van der Waals surface area (Å²) in [6, 6.07) is 16.0. The van der Waals surface area contributed by atoms with Crippen LogP contribution < -0.4 is 4.74 Å². The minimum atomic E-state index is -0.392. The Bertz CT molecular complexity index is 887. The van der Waals surface area contributed by atoms with Crippen LogP contribution >= 0.6 is 0 Å². The third-order valence-corrected chi connectivity index (χ3v) is 6.21. The molecule has 1 N–H and O–H groups in total. The summed E-state index contributed by atoms with van der Waals surface area (Å²) >= 11 is 0. The summed E-state index contributed by atoms with van der Waals surface area (Å²) < 4.78 is 6.61. The SMILES string of the molecule is CCN1CCC2(CC1)Oc1ccccc1C1CC(c3ccccc3O)=NN12. The van der Waals surface area contributed by atoms with E-state index in [2.05, 4.69) is 35.0 Å². The quantitative estimate of drug-likeness (QED) is 0.883. The number of hydrazone groups is 1. The molecule has 0 bridgehead atoms. The van der Waals surface area contributed by atoms with Crippen LogP contribution in [0, 0.1) is 0 Å². The molecule has 0 aliphatic carbocycles. The largest absolute Gasteiger partial charge is 0.507 e. The Morgan fingerprint density at radius 2 is 1.85 bits per heavy atom. The van der Waals surface area contributed by atoms with Crippen LogP contribution in [-0.4, -0.2) is 46.1 Å². The minimum Gasteiger partial charge on any atom is -0.507 e. The molecular formula is C22H25N3O2. The number of phenolic OH excluding ortho intramolecular Hbond substituents is 1. The van der Waals surface area contributed by atoms with Crippen molar-refractivity contribution < 1.29 is 9.84 Å². The molecule has 5 heteroatoms. The van der Waals surface area contributed by atoms with Crippen LogP contribution in [0.1, 0.15) is 43.4 Å². The van der Waals surface area contributed by atoms with Crippen molar-refractivity contribution in [3.05, 3.63) is 59.7 Å². The van der Waals surface area contributed by atoms with Crippen molar-refractivity contribution in [1.82, 2.24) is 9.91 Å². The number of hydrogen-bond donors (Lipinski definition) is 1. The maximum Gasteiger partial charge on any atom is 0.200 e. The second-order valence-corrected chi connectivity index (χ2v) is 7.65. The fraction of sp³-hybridized carbons (Fsp3) is 0.409. The molecule has 5 nitrogen and oxygen atoms in total. The predicted octanol–water partition coefficient (Wildman–Crippen LogP) is 3.75. The van der Waals surface area contributed by atoms with Gasteiger partial charge in [-0.25, -0.2) is 5.01 Å². The Balaban J connectivity index is 1.57. The van der Waals surface area contributed by atoms with Gasteiger partial charge in [-0.15, -0.1) is 0 Å². The number of aromatic hydroxyl groups is 1. The lowest BCUT2D eigenvalue weighted by atomic mass is 9.90. The first-order valence-corrected chi connectivity index (χ1v) is 9.86. The van der Waals surface area contributed by atoms with E-state index in [0.29, 0.717) is 5.75 Å². The highest BCUT2D eigenvalue weighted by atomic mass is 16.5. The Morgan fingerprint density at radius 3 is 2.63 bits per heavy atom. The average molecular weight is 363 g/mol. The van der Waals surface area contributed by atoms with Gasteiger partial charge in [-0.3, -0.25) is 0 Å². The first-order chi connectivity index (χ1) is 13.2. The van der Waals surface area contributed by atoms with Crippen molar-refractivity contribution in [2.45, 2.75) is 38.0 Å². The molecule has 0 radical (unpaired) electrons. The first kappa shape index (κ1) is 16.6. The topological polar surface area (TPSA) is 48.3 Å². The van der Waals surface area contributed by atoms with E-state index in [4.69, 9.17) is 9.84 Å². The molecule has 3 aliphatic rings. The number of likely N-dealkylation sites (tertiary alicyclic amines) is 1. The lowest BCUT2D eigenvalue weighted by Gasteiger charge is -2.51. The summed E-state index contributed by atoms with van der Waals surface area (Å²) in [5, 5.41) is 17.5. The van der Waals surface area contributed by atoms with Gasteiger partial charge < -0.3 is 14.7 Å². The molecule has 0 aromatic heterocycles. The Kier molecular flexibility index (Phi) is 3.86. The van der Waals surface area contributed by atoms with E-state index in [1.54, 1.807) is 6.07 Å². The number of benzene rings is 2. The molecule has 1 atom stereocenters. The molecule has 1 fully saturated rings. The van der Waals surface area contributed by atoms with Crippen LogP contribution in [-0.2, 0) is 0 Å². The van der Waals surface area contributed by atoms with Crippen molar-refractivity contribution >= 4 is 5.71 Å². The van der Waals surface area contributed by atoms with Crippen molar-refractivity contribution in [1.29, 1.82) is 0 Å².